The minimum Gasteiger partial charge on any atom is -0.350 e. The van der Waals surface area contributed by atoms with Crippen LogP contribution in [0.15, 0.2) is 0 Å². The van der Waals surface area contributed by atoms with Crippen molar-refractivity contribution >= 4 is 0 Å². The average Bonchev–Trinajstić information content (AvgIpc) is 2.82. The molecule has 0 aliphatic rings. The van der Waals surface area contributed by atoms with Crippen LogP contribution in [-0.4, -0.2) is 60.6 Å². The second kappa shape index (κ2) is 14.7. The summed E-state index contributed by atoms with van der Waals surface area (Å²) in [5.74, 6) is 0. The van der Waals surface area contributed by atoms with Gasteiger partial charge < -0.3 is 4.74 Å². The normalized spacial score (nSPS) is 23.5. The molecule has 1 nitrogen and oxygen atoms in total. The predicted octanol–water partition coefficient (Wildman–Crippen LogP) is 8.43. The topological polar surface area (TPSA) is 9.23 Å². The lowest BCUT2D eigenvalue weighted by molar-refractivity contribution is -0.296. The highest BCUT2D eigenvalue weighted by Crippen LogP contribution is 2.47. The largest absolute Gasteiger partial charge is 0.350 e. The fraction of sp³-hybridized carbons (Fsp3) is 1.00. The van der Waals surface area contributed by atoms with Crippen molar-refractivity contribution in [3.05, 3.63) is 0 Å². The van der Waals surface area contributed by atoms with Crippen LogP contribution in [0.3, 0.4) is 0 Å². The first-order chi connectivity index (χ1) is 15.4. The lowest BCUT2D eigenvalue weighted by Crippen LogP contribution is -2.69. The highest BCUT2D eigenvalue weighted by Gasteiger charge is 2.64. The minimum atomic E-state index is -3.16. The van der Waals surface area contributed by atoms with Gasteiger partial charge in [-0.2, -0.15) is 0 Å². The lowest BCUT2D eigenvalue weighted by atomic mass is 9.77. The summed E-state index contributed by atoms with van der Waals surface area (Å²) in [4.78, 5) is 0. The van der Waals surface area contributed by atoms with Crippen molar-refractivity contribution in [3.8, 4) is 0 Å². The Balaban J connectivity index is 7.00. The summed E-state index contributed by atoms with van der Waals surface area (Å²) in [6, 6.07) is 0. The van der Waals surface area contributed by atoms with Crippen molar-refractivity contribution in [1.82, 2.24) is 0 Å². The maximum Gasteiger partial charge on any atom is 0.162 e. The monoisotopic (exact) mass is 498 g/mol. The van der Waals surface area contributed by atoms with Gasteiger partial charge in [-0.1, -0.05) is 41.5 Å². The number of halogens is 8. The van der Waals surface area contributed by atoms with Gasteiger partial charge in [-0.3, -0.25) is 0 Å². The molecule has 0 rings (SSSR count). The van der Waals surface area contributed by atoms with Crippen molar-refractivity contribution in [2.24, 2.45) is 0 Å². The molecule has 0 bridgehead atoms. The van der Waals surface area contributed by atoms with E-state index in [0.29, 0.717) is 0 Å². The fourth-order valence-corrected chi connectivity index (χ4v) is 4.29. The molecular weight excluding hydrogens is 456 g/mol. The SMILES string of the molecule is CCC(F)CC(F)C(OC(C(F)CC)(C(F)CC)C(F)CC(F)CC)(C(F)CC)C(F)CC. The summed E-state index contributed by atoms with van der Waals surface area (Å²) in [6.07, 6.45) is -23.2. The molecule has 33 heavy (non-hydrogen) atoms. The molecule has 0 saturated carbocycles. The van der Waals surface area contributed by atoms with Gasteiger partial charge in [0.1, 0.15) is 49.4 Å². The number of hydrogen-bond acceptors (Lipinski definition) is 1. The third-order valence-electron chi connectivity index (χ3n) is 6.54. The molecule has 8 atom stereocenters. The van der Waals surface area contributed by atoms with Gasteiger partial charge in [-0.25, -0.2) is 35.1 Å². The lowest BCUT2D eigenvalue weighted by Gasteiger charge is -2.51. The first-order valence-electron chi connectivity index (χ1n) is 12.2. The van der Waals surface area contributed by atoms with E-state index in [4.69, 9.17) is 4.74 Å². The predicted molar refractivity (Wildman–Crippen MR) is 117 cm³/mol. The molecule has 0 aliphatic carbocycles. The Kier molecular flexibility index (Phi) is 14.5. The number of alkyl halides is 8. The van der Waals surface area contributed by atoms with Gasteiger partial charge in [-0.05, 0) is 38.5 Å². The van der Waals surface area contributed by atoms with Gasteiger partial charge in [0.2, 0.25) is 0 Å². The molecule has 0 aromatic carbocycles. The third kappa shape index (κ3) is 7.20. The highest BCUT2D eigenvalue weighted by molar-refractivity contribution is 5.10. The summed E-state index contributed by atoms with van der Waals surface area (Å²) in [5.41, 5.74) is -6.32. The quantitative estimate of drug-likeness (QED) is 0.172. The second-order valence-corrected chi connectivity index (χ2v) is 8.73. The molecule has 0 saturated heterocycles. The Labute approximate surface area is 194 Å². The number of rotatable bonds is 18. The van der Waals surface area contributed by atoms with Crippen molar-refractivity contribution < 1.29 is 39.9 Å². The summed E-state index contributed by atoms with van der Waals surface area (Å²) in [6.45, 7) is 7.77. The Morgan fingerprint density at radius 2 is 0.667 bits per heavy atom. The van der Waals surface area contributed by atoms with Crippen LogP contribution in [0.25, 0.3) is 0 Å². The molecule has 0 amide bonds. The van der Waals surface area contributed by atoms with Crippen LogP contribution in [0, 0.1) is 0 Å². The molecule has 0 radical (unpaired) electrons. The van der Waals surface area contributed by atoms with Crippen LogP contribution in [0.5, 0.6) is 0 Å². The summed E-state index contributed by atoms with van der Waals surface area (Å²) < 4.78 is 126. The van der Waals surface area contributed by atoms with Crippen molar-refractivity contribution in [3.63, 3.8) is 0 Å². The van der Waals surface area contributed by atoms with Crippen LogP contribution in [0.4, 0.5) is 35.1 Å². The van der Waals surface area contributed by atoms with E-state index in [0.717, 1.165) is 0 Å². The van der Waals surface area contributed by atoms with Crippen LogP contribution < -0.4 is 0 Å². The zero-order valence-corrected chi connectivity index (χ0v) is 20.7. The first-order valence-corrected chi connectivity index (χ1v) is 12.2. The standard InChI is InChI=1S/C24H42F8O/c1-7-15(25)13-21(31)23(17(27)9-3,18(28)10-4)33-24(19(29)11-5,20(30)12-6)22(32)14-16(26)8-2/h15-22H,7-14H2,1-6H3. The van der Waals surface area contributed by atoms with Crippen molar-refractivity contribution in [2.45, 2.75) is 153 Å². The van der Waals surface area contributed by atoms with Crippen LogP contribution in [0.1, 0.15) is 92.9 Å². The maximum absolute atomic E-state index is 15.6. The van der Waals surface area contributed by atoms with Crippen LogP contribution in [-0.2, 0) is 4.74 Å². The summed E-state index contributed by atoms with van der Waals surface area (Å²) >= 11 is 0. The van der Waals surface area contributed by atoms with E-state index in [-0.39, 0.29) is 12.8 Å². The molecule has 9 heteroatoms. The molecule has 200 valence electrons. The van der Waals surface area contributed by atoms with Crippen LogP contribution in [0.2, 0.25) is 0 Å². The third-order valence-corrected chi connectivity index (χ3v) is 6.54. The van der Waals surface area contributed by atoms with E-state index in [1.807, 2.05) is 0 Å². The molecule has 0 N–H and O–H groups in total. The van der Waals surface area contributed by atoms with Crippen molar-refractivity contribution in [2.75, 3.05) is 0 Å². The van der Waals surface area contributed by atoms with Gasteiger partial charge in [0.15, 0.2) is 11.2 Å². The van der Waals surface area contributed by atoms with E-state index in [2.05, 4.69) is 0 Å². The molecule has 0 fully saturated rings. The van der Waals surface area contributed by atoms with E-state index in [1.54, 1.807) is 0 Å². The molecule has 0 heterocycles. The smallest absolute Gasteiger partial charge is 0.162 e. The van der Waals surface area contributed by atoms with Gasteiger partial charge >= 0.3 is 0 Å². The first kappa shape index (κ1) is 32.4. The molecule has 0 spiro atoms. The van der Waals surface area contributed by atoms with Gasteiger partial charge in [-0.15, -0.1) is 0 Å². The van der Waals surface area contributed by atoms with Gasteiger partial charge in [0.25, 0.3) is 0 Å². The van der Waals surface area contributed by atoms with Gasteiger partial charge in [0, 0.05) is 12.8 Å². The molecule has 0 aromatic rings. The Morgan fingerprint density at radius 3 is 0.848 bits per heavy atom. The van der Waals surface area contributed by atoms with E-state index in [1.165, 1.54) is 41.5 Å². The zero-order chi connectivity index (χ0) is 26.0. The Bertz CT molecular complexity index is 459. The number of hydrogen-bond donors (Lipinski definition) is 0. The van der Waals surface area contributed by atoms with E-state index < -0.39 is 99.1 Å². The Morgan fingerprint density at radius 1 is 0.424 bits per heavy atom. The average molecular weight is 499 g/mol. The Hall–Kier alpha value is -0.600. The fourth-order valence-electron chi connectivity index (χ4n) is 4.29. The molecule has 0 aromatic heterocycles. The second-order valence-electron chi connectivity index (χ2n) is 8.73. The summed E-state index contributed by atoms with van der Waals surface area (Å²) in [7, 11) is 0. The summed E-state index contributed by atoms with van der Waals surface area (Å²) in [5, 5.41) is 0. The van der Waals surface area contributed by atoms with Crippen molar-refractivity contribution in [1.29, 1.82) is 0 Å². The molecular formula is C24H42F8O. The number of ether oxygens (including phenoxy) is 1. The minimum absolute atomic E-state index is 0.166. The zero-order valence-electron chi connectivity index (χ0n) is 20.7. The van der Waals surface area contributed by atoms with E-state index in [9.17, 15) is 8.78 Å². The van der Waals surface area contributed by atoms with Crippen LogP contribution >= 0.6 is 0 Å². The maximum atomic E-state index is 15.6. The molecule has 0 aliphatic heterocycles. The highest BCUT2D eigenvalue weighted by atomic mass is 19.2. The molecule has 8 unspecified atom stereocenters. The van der Waals surface area contributed by atoms with E-state index >= 15 is 26.3 Å². The van der Waals surface area contributed by atoms with Gasteiger partial charge in [0.05, 0.1) is 0 Å².